The lowest BCUT2D eigenvalue weighted by molar-refractivity contribution is -0.160. The molecule has 0 spiro atoms. The van der Waals surface area contributed by atoms with Gasteiger partial charge in [-0.3, -0.25) is 4.79 Å². The van der Waals surface area contributed by atoms with Gasteiger partial charge >= 0.3 is 5.97 Å². The van der Waals surface area contributed by atoms with Crippen LogP contribution in [0.2, 0.25) is 0 Å². The Kier molecular flexibility index (Phi) is 4.91. The fraction of sp³-hybridized carbons (Fsp3) is 0.533. The van der Waals surface area contributed by atoms with Crippen molar-refractivity contribution in [1.82, 2.24) is 0 Å². The lowest BCUT2D eigenvalue weighted by Gasteiger charge is -2.28. The minimum atomic E-state index is -1.10. The van der Waals surface area contributed by atoms with Gasteiger partial charge in [0.05, 0.1) is 17.6 Å². The van der Waals surface area contributed by atoms with Gasteiger partial charge in [-0.05, 0) is 39.7 Å². The van der Waals surface area contributed by atoms with E-state index in [0.717, 1.165) is 5.56 Å². The summed E-state index contributed by atoms with van der Waals surface area (Å²) in [4.78, 5) is 12.0. The van der Waals surface area contributed by atoms with E-state index < -0.39 is 11.5 Å². The summed E-state index contributed by atoms with van der Waals surface area (Å²) in [6, 6.07) is 9.66. The summed E-state index contributed by atoms with van der Waals surface area (Å²) in [7, 11) is 0. The first kappa shape index (κ1) is 14.7. The molecule has 1 N–H and O–H groups in total. The van der Waals surface area contributed by atoms with Crippen molar-refractivity contribution >= 4 is 5.97 Å². The molecule has 3 heteroatoms. The van der Waals surface area contributed by atoms with Gasteiger partial charge in [0.15, 0.2) is 0 Å². The molecule has 0 aliphatic heterocycles. The van der Waals surface area contributed by atoms with Gasteiger partial charge in [-0.2, -0.15) is 0 Å². The quantitative estimate of drug-likeness (QED) is 0.817. The summed E-state index contributed by atoms with van der Waals surface area (Å²) in [5, 5.41) is 10.1. The molecule has 1 rings (SSSR count). The van der Waals surface area contributed by atoms with Crippen molar-refractivity contribution in [2.75, 3.05) is 0 Å². The molecule has 18 heavy (non-hydrogen) atoms. The van der Waals surface area contributed by atoms with E-state index in [1.165, 1.54) is 0 Å². The zero-order valence-electron chi connectivity index (χ0n) is 11.5. The van der Waals surface area contributed by atoms with Crippen LogP contribution >= 0.6 is 0 Å². The monoisotopic (exact) mass is 250 g/mol. The molecular weight excluding hydrogens is 228 g/mol. The second-order valence-corrected chi connectivity index (χ2v) is 5.38. The molecule has 0 unspecified atom stereocenters. The predicted octanol–water partition coefficient (Wildman–Crippen LogP) is 2.57. The lowest BCUT2D eigenvalue weighted by atomic mass is 9.85. The number of hydrogen-bond donors (Lipinski definition) is 1. The van der Waals surface area contributed by atoms with Gasteiger partial charge in [0, 0.05) is 0 Å². The minimum absolute atomic E-state index is 0.168. The highest BCUT2D eigenvalue weighted by atomic mass is 16.5. The van der Waals surface area contributed by atoms with Crippen molar-refractivity contribution < 1.29 is 14.6 Å². The molecule has 0 saturated carbocycles. The van der Waals surface area contributed by atoms with E-state index in [9.17, 15) is 9.90 Å². The molecule has 1 atom stereocenters. The number of aliphatic hydroxyl groups is 1. The molecule has 0 bridgehead atoms. The number of benzene rings is 1. The summed E-state index contributed by atoms with van der Waals surface area (Å²) < 4.78 is 5.21. The van der Waals surface area contributed by atoms with E-state index in [-0.39, 0.29) is 12.1 Å². The largest absolute Gasteiger partial charge is 0.463 e. The van der Waals surface area contributed by atoms with Gasteiger partial charge in [0.25, 0.3) is 0 Å². The van der Waals surface area contributed by atoms with Gasteiger partial charge in [0.2, 0.25) is 0 Å². The third-order valence-electron chi connectivity index (χ3n) is 2.77. The molecule has 0 aliphatic rings. The molecular formula is C15H22O3. The number of esters is 1. The van der Waals surface area contributed by atoms with Crippen LogP contribution in [0.1, 0.15) is 33.3 Å². The molecule has 0 aliphatic carbocycles. The second-order valence-electron chi connectivity index (χ2n) is 5.38. The number of hydrogen-bond acceptors (Lipinski definition) is 3. The standard InChI is InChI=1S/C15H22O3/c1-11(2)18-14(16)13(15(3,4)17)10-12-8-6-5-7-9-12/h5-9,11,13,17H,10H2,1-4H3/t13-/m0/s1. The van der Waals surface area contributed by atoms with Crippen LogP contribution < -0.4 is 0 Å². The molecule has 100 valence electrons. The third kappa shape index (κ3) is 4.49. The zero-order chi connectivity index (χ0) is 13.8. The number of rotatable bonds is 5. The van der Waals surface area contributed by atoms with Crippen molar-refractivity contribution in [3.63, 3.8) is 0 Å². The molecule has 0 radical (unpaired) electrons. The molecule has 0 fully saturated rings. The van der Waals surface area contributed by atoms with Crippen molar-refractivity contribution in [2.24, 2.45) is 5.92 Å². The van der Waals surface area contributed by atoms with Gasteiger partial charge in [-0.1, -0.05) is 30.3 Å². The van der Waals surface area contributed by atoms with Crippen LogP contribution in [0, 0.1) is 5.92 Å². The van der Waals surface area contributed by atoms with Crippen LogP contribution in [0.4, 0.5) is 0 Å². The van der Waals surface area contributed by atoms with Gasteiger partial charge < -0.3 is 9.84 Å². The summed E-state index contributed by atoms with van der Waals surface area (Å²) >= 11 is 0. The number of carbonyl (C=O) groups excluding carboxylic acids is 1. The van der Waals surface area contributed by atoms with E-state index in [1.807, 2.05) is 44.2 Å². The summed E-state index contributed by atoms with van der Waals surface area (Å²) in [6.45, 7) is 6.90. The first-order valence-electron chi connectivity index (χ1n) is 6.27. The van der Waals surface area contributed by atoms with Crippen molar-refractivity contribution in [3.05, 3.63) is 35.9 Å². The Bertz CT molecular complexity index is 376. The number of carbonyl (C=O) groups is 1. The van der Waals surface area contributed by atoms with Gasteiger partial charge in [-0.15, -0.1) is 0 Å². The Morgan fingerprint density at radius 2 is 1.83 bits per heavy atom. The maximum absolute atomic E-state index is 12.0. The van der Waals surface area contributed by atoms with Crippen LogP contribution in [-0.4, -0.2) is 22.8 Å². The predicted molar refractivity (Wildman–Crippen MR) is 71.2 cm³/mol. The normalized spacial score (nSPS) is 13.4. The molecule has 3 nitrogen and oxygen atoms in total. The number of ether oxygens (including phenoxy) is 1. The Morgan fingerprint density at radius 3 is 2.28 bits per heavy atom. The highest BCUT2D eigenvalue weighted by molar-refractivity contribution is 5.74. The van der Waals surface area contributed by atoms with E-state index in [2.05, 4.69) is 0 Å². The van der Waals surface area contributed by atoms with Crippen molar-refractivity contribution in [3.8, 4) is 0 Å². The molecule has 0 amide bonds. The first-order valence-corrected chi connectivity index (χ1v) is 6.27. The van der Waals surface area contributed by atoms with Crippen LogP contribution in [0.25, 0.3) is 0 Å². The van der Waals surface area contributed by atoms with Crippen molar-refractivity contribution in [1.29, 1.82) is 0 Å². The van der Waals surface area contributed by atoms with Crippen LogP contribution in [0.15, 0.2) is 30.3 Å². The second kappa shape index (κ2) is 6.01. The van der Waals surface area contributed by atoms with Crippen LogP contribution in [0.5, 0.6) is 0 Å². The van der Waals surface area contributed by atoms with Crippen molar-refractivity contribution in [2.45, 2.75) is 45.8 Å². The molecule has 0 aromatic heterocycles. The fourth-order valence-electron chi connectivity index (χ4n) is 1.79. The topological polar surface area (TPSA) is 46.5 Å². The highest BCUT2D eigenvalue weighted by Gasteiger charge is 2.35. The Labute approximate surface area is 109 Å². The first-order chi connectivity index (χ1) is 8.30. The Balaban J connectivity index is 2.83. The van der Waals surface area contributed by atoms with Crippen LogP contribution in [0.3, 0.4) is 0 Å². The third-order valence-corrected chi connectivity index (χ3v) is 2.77. The zero-order valence-corrected chi connectivity index (χ0v) is 11.5. The summed E-state index contributed by atoms with van der Waals surface area (Å²) in [5.74, 6) is -0.899. The summed E-state index contributed by atoms with van der Waals surface area (Å²) in [5.41, 5.74) is -0.0766. The molecule has 1 aromatic rings. The maximum atomic E-state index is 12.0. The van der Waals surface area contributed by atoms with E-state index in [1.54, 1.807) is 13.8 Å². The molecule has 0 saturated heterocycles. The van der Waals surface area contributed by atoms with E-state index >= 15 is 0 Å². The van der Waals surface area contributed by atoms with E-state index in [0.29, 0.717) is 6.42 Å². The van der Waals surface area contributed by atoms with Crippen LogP contribution in [-0.2, 0) is 16.0 Å². The Morgan fingerprint density at radius 1 is 1.28 bits per heavy atom. The molecule has 0 heterocycles. The summed E-state index contributed by atoms with van der Waals surface area (Å²) in [6.07, 6.45) is 0.314. The molecule has 1 aromatic carbocycles. The average Bonchev–Trinajstić information content (AvgIpc) is 2.24. The Hall–Kier alpha value is -1.35. The van der Waals surface area contributed by atoms with Gasteiger partial charge in [0.1, 0.15) is 0 Å². The SMILES string of the molecule is CC(C)OC(=O)[C@H](Cc1ccccc1)C(C)(C)O. The average molecular weight is 250 g/mol. The lowest BCUT2D eigenvalue weighted by Crippen LogP contribution is -2.40. The van der Waals surface area contributed by atoms with Gasteiger partial charge in [-0.25, -0.2) is 0 Å². The highest BCUT2D eigenvalue weighted by Crippen LogP contribution is 2.23. The smallest absolute Gasteiger partial charge is 0.312 e. The maximum Gasteiger partial charge on any atom is 0.312 e. The minimum Gasteiger partial charge on any atom is -0.463 e. The fourth-order valence-corrected chi connectivity index (χ4v) is 1.79. The van der Waals surface area contributed by atoms with E-state index in [4.69, 9.17) is 4.74 Å².